The summed E-state index contributed by atoms with van der Waals surface area (Å²) >= 11 is 0. The second-order valence-electron chi connectivity index (χ2n) is 7.50. The van der Waals surface area contributed by atoms with Crippen LogP contribution in [0.4, 0.5) is 4.39 Å². The molecule has 0 unspecified atom stereocenters. The number of halogens is 1. The average molecular weight is 431 g/mol. The molecule has 2 aromatic rings. The Bertz CT molecular complexity index is 978. The number of hydrogen-bond acceptors (Lipinski definition) is 3. The Morgan fingerprint density at radius 1 is 1.00 bits per heavy atom. The number of sulfonamides is 1. The molecule has 160 valence electrons. The van der Waals surface area contributed by atoms with E-state index in [1.165, 1.54) is 18.2 Å². The van der Waals surface area contributed by atoms with Crippen molar-refractivity contribution in [2.75, 3.05) is 13.1 Å². The second kappa shape index (κ2) is 10.00. The lowest BCUT2D eigenvalue weighted by Gasteiger charge is -2.19. The Morgan fingerprint density at radius 2 is 1.60 bits per heavy atom. The molecule has 1 N–H and O–H groups in total. The maximum Gasteiger partial charge on any atom is 0.244 e. The third kappa shape index (κ3) is 5.77. The van der Waals surface area contributed by atoms with E-state index in [1.54, 1.807) is 46.8 Å². The van der Waals surface area contributed by atoms with Crippen molar-refractivity contribution >= 4 is 22.0 Å². The number of carbonyl (C=O) groups is 1. The number of rotatable bonds is 6. The lowest BCUT2D eigenvalue weighted by atomic mass is 10.1. The molecule has 1 aliphatic heterocycles. The zero-order chi connectivity index (χ0) is 21.6. The topological polar surface area (TPSA) is 66.5 Å². The molecule has 0 aromatic heterocycles. The SMILES string of the molecule is C[C@@H](NC(=O)/C=C/c1ccc(S(=O)(=O)N2CCCCCC2)cc1)c1ccc(F)cc1. The van der Waals surface area contributed by atoms with Crippen molar-refractivity contribution in [2.45, 2.75) is 43.5 Å². The minimum atomic E-state index is -3.48. The van der Waals surface area contributed by atoms with Crippen LogP contribution in [-0.4, -0.2) is 31.7 Å². The molecule has 1 atom stereocenters. The predicted molar refractivity (Wildman–Crippen MR) is 116 cm³/mol. The Hall–Kier alpha value is -2.51. The summed E-state index contributed by atoms with van der Waals surface area (Å²) in [6.07, 6.45) is 6.96. The van der Waals surface area contributed by atoms with Crippen LogP contribution < -0.4 is 5.32 Å². The fourth-order valence-corrected chi connectivity index (χ4v) is 4.97. The molecule has 5 nitrogen and oxygen atoms in total. The first-order chi connectivity index (χ1) is 14.4. The highest BCUT2D eigenvalue weighted by Gasteiger charge is 2.24. The average Bonchev–Trinajstić information content (AvgIpc) is 3.03. The van der Waals surface area contributed by atoms with Gasteiger partial charge < -0.3 is 5.32 Å². The summed E-state index contributed by atoms with van der Waals surface area (Å²) in [5, 5.41) is 2.82. The Balaban J connectivity index is 1.61. The molecular formula is C23H27FN2O3S. The number of hydrogen-bond donors (Lipinski definition) is 1. The molecule has 2 aromatic carbocycles. The fraction of sp³-hybridized carbons (Fsp3) is 0.348. The van der Waals surface area contributed by atoms with Gasteiger partial charge >= 0.3 is 0 Å². The van der Waals surface area contributed by atoms with E-state index in [-0.39, 0.29) is 22.7 Å². The van der Waals surface area contributed by atoms with E-state index in [0.717, 1.165) is 36.8 Å². The lowest BCUT2D eigenvalue weighted by molar-refractivity contribution is -0.117. The first-order valence-electron chi connectivity index (χ1n) is 10.2. The van der Waals surface area contributed by atoms with Crippen molar-refractivity contribution in [3.8, 4) is 0 Å². The van der Waals surface area contributed by atoms with Crippen LogP contribution >= 0.6 is 0 Å². The maximum atomic E-state index is 13.0. The zero-order valence-corrected chi connectivity index (χ0v) is 17.9. The van der Waals surface area contributed by atoms with Crippen molar-refractivity contribution in [3.63, 3.8) is 0 Å². The molecule has 0 radical (unpaired) electrons. The van der Waals surface area contributed by atoms with Crippen molar-refractivity contribution in [1.82, 2.24) is 9.62 Å². The van der Waals surface area contributed by atoms with Gasteiger partial charge in [0, 0.05) is 19.2 Å². The number of nitrogens with zero attached hydrogens (tertiary/aromatic N) is 1. The van der Waals surface area contributed by atoms with Crippen LogP contribution in [0.15, 0.2) is 59.5 Å². The second-order valence-corrected chi connectivity index (χ2v) is 9.44. The number of benzene rings is 2. The molecule has 0 bridgehead atoms. The smallest absolute Gasteiger partial charge is 0.244 e. The van der Waals surface area contributed by atoms with Crippen LogP contribution in [0.3, 0.4) is 0 Å². The minimum Gasteiger partial charge on any atom is -0.346 e. The number of carbonyl (C=O) groups excluding carboxylic acids is 1. The zero-order valence-electron chi connectivity index (χ0n) is 17.1. The summed E-state index contributed by atoms with van der Waals surface area (Å²) in [6, 6.07) is 12.3. The van der Waals surface area contributed by atoms with Crippen molar-refractivity contribution in [3.05, 3.63) is 71.6 Å². The molecular weight excluding hydrogens is 403 g/mol. The monoisotopic (exact) mass is 430 g/mol. The molecule has 1 aliphatic rings. The van der Waals surface area contributed by atoms with Crippen molar-refractivity contribution < 1.29 is 17.6 Å². The Kier molecular flexibility index (Phi) is 7.39. The molecule has 0 aliphatic carbocycles. The van der Waals surface area contributed by atoms with Crippen LogP contribution in [0.25, 0.3) is 6.08 Å². The largest absolute Gasteiger partial charge is 0.346 e. The van der Waals surface area contributed by atoms with Crippen LogP contribution in [-0.2, 0) is 14.8 Å². The van der Waals surface area contributed by atoms with Gasteiger partial charge in [0.05, 0.1) is 10.9 Å². The third-order valence-electron chi connectivity index (χ3n) is 5.24. The van der Waals surface area contributed by atoms with E-state index < -0.39 is 10.0 Å². The van der Waals surface area contributed by atoms with E-state index >= 15 is 0 Å². The van der Waals surface area contributed by atoms with E-state index in [0.29, 0.717) is 13.1 Å². The van der Waals surface area contributed by atoms with E-state index in [1.807, 2.05) is 6.92 Å². The summed E-state index contributed by atoms with van der Waals surface area (Å²) in [7, 11) is -3.48. The van der Waals surface area contributed by atoms with Gasteiger partial charge in [0.25, 0.3) is 0 Å². The van der Waals surface area contributed by atoms with E-state index in [9.17, 15) is 17.6 Å². The van der Waals surface area contributed by atoms with Gasteiger partial charge in [-0.15, -0.1) is 0 Å². The molecule has 30 heavy (non-hydrogen) atoms. The molecule has 3 rings (SSSR count). The highest BCUT2D eigenvalue weighted by atomic mass is 32.2. The standard InChI is InChI=1S/C23H27FN2O3S/c1-18(20-9-11-21(24)12-10-20)25-23(27)15-8-19-6-13-22(14-7-19)30(28,29)26-16-4-2-3-5-17-26/h6-15,18H,2-5,16-17H2,1H3,(H,25,27)/b15-8+/t18-/m1/s1. The quantitative estimate of drug-likeness (QED) is 0.696. The first kappa shape index (κ1) is 22.2. The van der Waals surface area contributed by atoms with Gasteiger partial charge in [-0.1, -0.05) is 37.1 Å². The van der Waals surface area contributed by atoms with Crippen LogP contribution in [0.2, 0.25) is 0 Å². The van der Waals surface area contributed by atoms with Gasteiger partial charge in [-0.3, -0.25) is 4.79 Å². The summed E-state index contributed by atoms with van der Waals surface area (Å²) in [5.74, 6) is -0.605. The summed E-state index contributed by atoms with van der Waals surface area (Å²) < 4.78 is 40.2. The first-order valence-corrected chi connectivity index (χ1v) is 11.6. The predicted octanol–water partition coefficient (Wildman–Crippen LogP) is 4.28. The Labute approximate surface area is 177 Å². The molecule has 1 saturated heterocycles. The van der Waals surface area contributed by atoms with Gasteiger partial charge in [-0.25, -0.2) is 12.8 Å². The van der Waals surface area contributed by atoms with Crippen LogP contribution in [0.5, 0.6) is 0 Å². The Morgan fingerprint density at radius 3 is 2.20 bits per heavy atom. The highest BCUT2D eigenvalue weighted by molar-refractivity contribution is 7.89. The molecule has 1 amide bonds. The van der Waals surface area contributed by atoms with E-state index in [2.05, 4.69) is 5.32 Å². The van der Waals surface area contributed by atoms with Gasteiger partial charge in [0.15, 0.2) is 0 Å². The molecule has 0 spiro atoms. The van der Waals surface area contributed by atoms with Gasteiger partial charge in [-0.05, 0) is 61.2 Å². The maximum absolute atomic E-state index is 13.0. The summed E-state index contributed by atoms with van der Waals surface area (Å²) in [5.41, 5.74) is 1.54. The van der Waals surface area contributed by atoms with Gasteiger partial charge in [0.2, 0.25) is 15.9 Å². The van der Waals surface area contributed by atoms with Gasteiger partial charge in [0.1, 0.15) is 5.82 Å². The third-order valence-corrected chi connectivity index (χ3v) is 7.15. The van der Waals surface area contributed by atoms with E-state index in [4.69, 9.17) is 0 Å². The highest BCUT2D eigenvalue weighted by Crippen LogP contribution is 2.21. The van der Waals surface area contributed by atoms with Crippen LogP contribution in [0, 0.1) is 5.82 Å². The van der Waals surface area contributed by atoms with Crippen molar-refractivity contribution in [2.24, 2.45) is 0 Å². The number of amides is 1. The normalized spacial score (nSPS) is 16.9. The van der Waals surface area contributed by atoms with Gasteiger partial charge in [-0.2, -0.15) is 4.31 Å². The summed E-state index contributed by atoms with van der Waals surface area (Å²) in [6.45, 7) is 2.95. The number of nitrogens with one attached hydrogen (secondary N) is 1. The minimum absolute atomic E-state index is 0.260. The fourth-order valence-electron chi connectivity index (χ4n) is 3.45. The molecule has 0 saturated carbocycles. The lowest BCUT2D eigenvalue weighted by Crippen LogP contribution is -2.31. The molecule has 7 heteroatoms. The van der Waals surface area contributed by atoms with Crippen molar-refractivity contribution in [1.29, 1.82) is 0 Å². The summed E-state index contributed by atoms with van der Waals surface area (Å²) in [4.78, 5) is 12.4. The molecule has 1 fully saturated rings. The molecule has 1 heterocycles. The van der Waals surface area contributed by atoms with Crippen LogP contribution in [0.1, 0.15) is 49.8 Å².